The summed E-state index contributed by atoms with van der Waals surface area (Å²) in [5, 5.41) is 18.0. The van der Waals surface area contributed by atoms with E-state index in [-0.39, 0.29) is 12.3 Å². The van der Waals surface area contributed by atoms with Crippen LogP contribution in [0.2, 0.25) is 0 Å². The van der Waals surface area contributed by atoms with Crippen LogP contribution in [0.25, 0.3) is 10.8 Å². The van der Waals surface area contributed by atoms with E-state index in [1.165, 1.54) is 4.90 Å². The third-order valence-electron chi connectivity index (χ3n) is 4.89. The third-order valence-corrected chi connectivity index (χ3v) is 4.89. The summed E-state index contributed by atoms with van der Waals surface area (Å²) in [6.07, 6.45) is -0.117. The number of carboxylic acid groups (broad SMARTS) is 1. The lowest BCUT2D eigenvalue weighted by Crippen LogP contribution is -3.17. The van der Waals surface area contributed by atoms with E-state index in [0.29, 0.717) is 12.2 Å². The summed E-state index contributed by atoms with van der Waals surface area (Å²) in [7, 11) is 0. The Morgan fingerprint density at radius 1 is 1.15 bits per heavy atom. The number of carboxylic acids is 1. The SMILES string of the molecule is O=C(C[C@H]([NH2+]CC[NH+]1CCOCC1)C(=O)[O-])Nc1ccc2ccccc2c1. The number of anilines is 1. The highest BCUT2D eigenvalue weighted by Crippen LogP contribution is 2.18. The average molecular weight is 372 g/mol. The maximum atomic E-state index is 12.3. The Kier molecular flexibility index (Phi) is 6.75. The first-order valence-electron chi connectivity index (χ1n) is 9.36. The summed E-state index contributed by atoms with van der Waals surface area (Å²) in [6.45, 7) is 4.84. The van der Waals surface area contributed by atoms with E-state index in [0.717, 1.165) is 43.6 Å². The van der Waals surface area contributed by atoms with Crippen LogP contribution in [-0.4, -0.2) is 57.3 Å². The number of morpholine rings is 1. The number of carbonyl (C=O) groups excluding carboxylic acids is 2. The zero-order chi connectivity index (χ0) is 19.1. The molecule has 7 nitrogen and oxygen atoms in total. The number of aliphatic carboxylic acids is 1. The van der Waals surface area contributed by atoms with E-state index in [4.69, 9.17) is 4.74 Å². The predicted molar refractivity (Wildman–Crippen MR) is 99.2 cm³/mol. The van der Waals surface area contributed by atoms with Crippen LogP contribution in [0.15, 0.2) is 42.5 Å². The topological polar surface area (TPSA) is 99.5 Å². The summed E-state index contributed by atoms with van der Waals surface area (Å²) in [6, 6.07) is 12.6. The molecular formula is C20H26N3O4+. The van der Waals surface area contributed by atoms with Crippen molar-refractivity contribution in [2.24, 2.45) is 0 Å². The van der Waals surface area contributed by atoms with Crippen LogP contribution in [0, 0.1) is 0 Å². The third kappa shape index (κ3) is 5.75. The first-order valence-corrected chi connectivity index (χ1v) is 9.36. The molecule has 144 valence electrons. The Hall–Kier alpha value is -2.48. The number of benzene rings is 2. The number of hydrogen-bond acceptors (Lipinski definition) is 4. The fourth-order valence-corrected chi connectivity index (χ4v) is 3.34. The second kappa shape index (κ2) is 9.45. The van der Waals surface area contributed by atoms with Crippen LogP contribution in [0.5, 0.6) is 0 Å². The number of nitrogens with one attached hydrogen (secondary N) is 2. The summed E-state index contributed by atoms with van der Waals surface area (Å²) in [5.74, 6) is -1.53. The number of hydrogen-bond donors (Lipinski definition) is 3. The van der Waals surface area contributed by atoms with Gasteiger partial charge in [-0.1, -0.05) is 30.3 Å². The normalized spacial score (nSPS) is 16.1. The van der Waals surface area contributed by atoms with Crippen LogP contribution >= 0.6 is 0 Å². The van der Waals surface area contributed by atoms with Crippen LogP contribution in [-0.2, 0) is 14.3 Å². The lowest BCUT2D eigenvalue weighted by molar-refractivity contribution is -0.920. The zero-order valence-electron chi connectivity index (χ0n) is 15.3. The molecule has 1 aliphatic heterocycles. The summed E-state index contributed by atoms with van der Waals surface area (Å²) in [5.41, 5.74) is 0.661. The first-order chi connectivity index (χ1) is 13.1. The van der Waals surface area contributed by atoms with Crippen LogP contribution in [0.3, 0.4) is 0 Å². The van der Waals surface area contributed by atoms with E-state index < -0.39 is 12.0 Å². The Bertz CT molecular complexity index is 790. The van der Waals surface area contributed by atoms with Gasteiger partial charge >= 0.3 is 0 Å². The van der Waals surface area contributed by atoms with Crippen LogP contribution in [0.1, 0.15) is 6.42 Å². The van der Waals surface area contributed by atoms with E-state index in [1.54, 1.807) is 5.32 Å². The molecule has 1 heterocycles. The standard InChI is InChI=1S/C20H25N3O4/c24-19(22-17-6-5-15-3-1-2-4-16(15)13-17)14-18(20(25)26)21-7-8-23-9-11-27-12-10-23/h1-6,13,18,21H,7-12,14H2,(H,22,24)(H,25,26)/p+1/t18-/m0/s1. The second-order valence-corrected chi connectivity index (χ2v) is 6.88. The summed E-state index contributed by atoms with van der Waals surface area (Å²) >= 11 is 0. The van der Waals surface area contributed by atoms with Crippen molar-refractivity contribution in [2.45, 2.75) is 12.5 Å². The summed E-state index contributed by atoms with van der Waals surface area (Å²) < 4.78 is 5.31. The minimum atomic E-state index is -1.21. The Morgan fingerprint density at radius 3 is 2.63 bits per heavy atom. The number of nitrogens with two attached hydrogens (primary N) is 1. The molecule has 1 fully saturated rings. The van der Waals surface area contributed by atoms with Gasteiger partial charge in [-0.3, -0.25) is 4.79 Å². The molecule has 1 atom stereocenters. The Labute approximate surface area is 158 Å². The molecule has 0 bridgehead atoms. The molecule has 3 rings (SSSR count). The number of carbonyl (C=O) groups is 2. The number of rotatable bonds is 8. The molecular weight excluding hydrogens is 346 g/mol. The van der Waals surface area contributed by atoms with Gasteiger partial charge in [0.1, 0.15) is 32.2 Å². The molecule has 0 saturated carbocycles. The van der Waals surface area contributed by atoms with Gasteiger partial charge in [0, 0.05) is 5.69 Å². The largest absolute Gasteiger partial charge is 0.544 e. The van der Waals surface area contributed by atoms with Gasteiger partial charge in [0.05, 0.1) is 25.6 Å². The Balaban J connectivity index is 1.50. The van der Waals surface area contributed by atoms with E-state index in [1.807, 2.05) is 42.5 Å². The van der Waals surface area contributed by atoms with Gasteiger partial charge in [-0.15, -0.1) is 0 Å². The first kappa shape index (κ1) is 19.3. The average Bonchev–Trinajstić information content (AvgIpc) is 2.68. The number of quaternary nitrogens is 2. The van der Waals surface area contributed by atoms with Crippen molar-refractivity contribution < 1.29 is 29.6 Å². The quantitative estimate of drug-likeness (QED) is 0.488. The maximum absolute atomic E-state index is 12.3. The molecule has 1 saturated heterocycles. The molecule has 2 aromatic carbocycles. The summed E-state index contributed by atoms with van der Waals surface area (Å²) in [4.78, 5) is 25.1. The molecule has 1 aliphatic rings. The van der Waals surface area contributed by atoms with Crippen molar-refractivity contribution in [3.8, 4) is 0 Å². The second-order valence-electron chi connectivity index (χ2n) is 6.88. The number of ether oxygens (including phenoxy) is 1. The van der Waals surface area contributed by atoms with Gasteiger partial charge in [0.25, 0.3) is 0 Å². The van der Waals surface area contributed by atoms with Crippen LogP contribution in [0.4, 0.5) is 5.69 Å². The van der Waals surface area contributed by atoms with E-state index in [2.05, 4.69) is 5.32 Å². The van der Waals surface area contributed by atoms with E-state index in [9.17, 15) is 14.7 Å². The lowest BCUT2D eigenvalue weighted by atomic mass is 10.1. The van der Waals surface area contributed by atoms with Crippen molar-refractivity contribution in [3.05, 3.63) is 42.5 Å². The fourth-order valence-electron chi connectivity index (χ4n) is 3.34. The van der Waals surface area contributed by atoms with Crippen molar-refractivity contribution >= 4 is 28.3 Å². The maximum Gasteiger partial charge on any atom is 0.230 e. The smallest absolute Gasteiger partial charge is 0.230 e. The van der Waals surface area contributed by atoms with Crippen molar-refractivity contribution in [1.82, 2.24) is 0 Å². The van der Waals surface area contributed by atoms with Gasteiger partial charge in [-0.05, 0) is 22.9 Å². The monoisotopic (exact) mass is 372 g/mol. The molecule has 0 aliphatic carbocycles. The molecule has 4 N–H and O–H groups in total. The van der Waals surface area contributed by atoms with Gasteiger partial charge in [0.2, 0.25) is 5.91 Å². The lowest BCUT2D eigenvalue weighted by Gasteiger charge is -2.24. The van der Waals surface area contributed by atoms with Gasteiger partial charge in [-0.25, -0.2) is 0 Å². The molecule has 0 unspecified atom stereocenters. The Morgan fingerprint density at radius 2 is 1.89 bits per heavy atom. The fraction of sp³-hybridized carbons (Fsp3) is 0.400. The number of amides is 1. The van der Waals surface area contributed by atoms with Gasteiger partial charge in [0.15, 0.2) is 0 Å². The van der Waals surface area contributed by atoms with Crippen molar-refractivity contribution in [1.29, 1.82) is 0 Å². The van der Waals surface area contributed by atoms with Crippen LogP contribution < -0.4 is 20.6 Å². The van der Waals surface area contributed by atoms with E-state index >= 15 is 0 Å². The van der Waals surface area contributed by atoms with Gasteiger partial charge < -0.3 is 30.2 Å². The molecule has 0 radical (unpaired) electrons. The highest BCUT2D eigenvalue weighted by atomic mass is 16.5. The highest BCUT2D eigenvalue weighted by molar-refractivity contribution is 5.96. The predicted octanol–water partition coefficient (Wildman–Crippen LogP) is -2.23. The molecule has 7 heteroatoms. The minimum Gasteiger partial charge on any atom is -0.544 e. The van der Waals surface area contributed by atoms with Gasteiger partial charge in [-0.2, -0.15) is 0 Å². The highest BCUT2D eigenvalue weighted by Gasteiger charge is 2.20. The minimum absolute atomic E-state index is 0.117. The molecule has 0 aromatic heterocycles. The zero-order valence-corrected chi connectivity index (χ0v) is 15.3. The molecule has 0 spiro atoms. The molecule has 2 aromatic rings. The van der Waals surface area contributed by atoms with Crippen molar-refractivity contribution in [2.75, 3.05) is 44.7 Å². The van der Waals surface area contributed by atoms with Crippen molar-refractivity contribution in [3.63, 3.8) is 0 Å². The number of fused-ring (bicyclic) bond motifs is 1. The molecule has 27 heavy (non-hydrogen) atoms. The molecule has 1 amide bonds.